The van der Waals surface area contributed by atoms with Crippen molar-refractivity contribution < 1.29 is 4.79 Å². The van der Waals surface area contributed by atoms with Gasteiger partial charge in [-0.15, -0.1) is 0 Å². The fraction of sp³-hybridized carbons (Fsp3) is 0.706. The second kappa shape index (κ2) is 5.74. The molecule has 1 amide bonds. The number of carbonyl (C=O) groups excluding carboxylic acids is 1. The van der Waals surface area contributed by atoms with Crippen molar-refractivity contribution in [3.05, 3.63) is 23.3 Å². The minimum Gasteiger partial charge on any atom is -0.348 e. The van der Waals surface area contributed by atoms with Gasteiger partial charge in [-0.1, -0.05) is 13.8 Å². The Balaban J connectivity index is 1.63. The lowest BCUT2D eigenvalue weighted by molar-refractivity contribution is 0.0903. The molecule has 0 aliphatic heterocycles. The molecule has 1 aromatic heterocycles. The van der Waals surface area contributed by atoms with Crippen LogP contribution in [0.3, 0.4) is 0 Å². The Kier molecular flexibility index (Phi) is 3.96. The van der Waals surface area contributed by atoms with Crippen molar-refractivity contribution in [3.8, 4) is 0 Å². The molecule has 0 spiro atoms. The Morgan fingerprint density at radius 1 is 1.19 bits per heavy atom. The first-order valence-electron chi connectivity index (χ1n) is 8.19. The number of nitrogens with one attached hydrogen (secondary N) is 1. The van der Waals surface area contributed by atoms with Gasteiger partial charge in [-0.05, 0) is 56.8 Å². The predicted molar refractivity (Wildman–Crippen MR) is 82.2 cm³/mol. The van der Waals surface area contributed by atoms with E-state index in [-0.39, 0.29) is 5.91 Å². The van der Waals surface area contributed by atoms with Gasteiger partial charge in [-0.2, -0.15) is 0 Å². The van der Waals surface area contributed by atoms with Crippen LogP contribution in [0, 0.1) is 5.41 Å². The molecule has 1 fully saturated rings. The summed E-state index contributed by atoms with van der Waals surface area (Å²) in [4.78, 5) is 21.3. The highest BCUT2D eigenvalue weighted by atomic mass is 16.1. The molecule has 0 aromatic carbocycles. The third-order valence-corrected chi connectivity index (χ3v) is 4.92. The number of fused-ring (bicyclic) bond motifs is 1. The topological polar surface area (TPSA) is 54.9 Å². The minimum absolute atomic E-state index is 0.0550. The van der Waals surface area contributed by atoms with Gasteiger partial charge in [-0.25, -0.2) is 4.98 Å². The molecule has 4 nitrogen and oxygen atoms in total. The summed E-state index contributed by atoms with van der Waals surface area (Å²) >= 11 is 0. The van der Waals surface area contributed by atoms with Crippen LogP contribution in [0.25, 0.3) is 0 Å². The van der Waals surface area contributed by atoms with Crippen LogP contribution in [-0.2, 0) is 12.8 Å². The largest absolute Gasteiger partial charge is 0.348 e. The van der Waals surface area contributed by atoms with Crippen molar-refractivity contribution in [1.82, 2.24) is 15.3 Å². The van der Waals surface area contributed by atoms with Crippen molar-refractivity contribution in [1.29, 1.82) is 0 Å². The Morgan fingerprint density at radius 2 is 1.86 bits per heavy atom. The third-order valence-electron chi connectivity index (χ3n) is 4.92. The van der Waals surface area contributed by atoms with E-state index in [0.717, 1.165) is 43.5 Å². The van der Waals surface area contributed by atoms with Crippen molar-refractivity contribution in [2.75, 3.05) is 0 Å². The van der Waals surface area contributed by atoms with E-state index >= 15 is 0 Å². The van der Waals surface area contributed by atoms with Gasteiger partial charge in [0.05, 0.1) is 17.6 Å². The lowest BCUT2D eigenvalue weighted by atomic mass is 9.75. The quantitative estimate of drug-likeness (QED) is 0.909. The standard InChI is InChI=1S/C17H25N3O/c1-17(2)9-7-12(8-10-17)19-16(21)15-11-18-13-5-3-4-6-14(13)20-15/h11-12H,3-10H2,1-2H3,(H,19,21). The van der Waals surface area contributed by atoms with Crippen LogP contribution in [0.5, 0.6) is 0 Å². The van der Waals surface area contributed by atoms with Crippen LogP contribution in [0.4, 0.5) is 0 Å². The second-order valence-corrected chi connectivity index (χ2v) is 7.27. The van der Waals surface area contributed by atoms with E-state index in [2.05, 4.69) is 29.1 Å². The van der Waals surface area contributed by atoms with Crippen molar-refractivity contribution in [3.63, 3.8) is 0 Å². The maximum absolute atomic E-state index is 12.3. The normalized spacial score (nSPS) is 21.6. The average molecular weight is 287 g/mol. The maximum atomic E-state index is 12.3. The van der Waals surface area contributed by atoms with E-state index in [0.29, 0.717) is 17.2 Å². The SMILES string of the molecule is CC1(C)CCC(NC(=O)c2cnc3c(n2)CCCC3)CC1. The number of aromatic nitrogens is 2. The molecular formula is C17H25N3O. The fourth-order valence-corrected chi connectivity index (χ4v) is 3.36. The predicted octanol–water partition coefficient (Wildman–Crippen LogP) is 3.05. The summed E-state index contributed by atoms with van der Waals surface area (Å²) in [6.45, 7) is 4.61. The molecule has 4 heteroatoms. The summed E-state index contributed by atoms with van der Waals surface area (Å²) in [6, 6.07) is 0.295. The number of amides is 1. The molecule has 1 saturated carbocycles. The van der Waals surface area contributed by atoms with E-state index in [1.54, 1.807) is 6.20 Å². The Labute approximate surface area is 126 Å². The van der Waals surface area contributed by atoms with Crippen molar-refractivity contribution >= 4 is 5.91 Å². The molecule has 3 rings (SSSR count). The highest BCUT2D eigenvalue weighted by Crippen LogP contribution is 2.35. The van der Waals surface area contributed by atoms with Crippen LogP contribution in [0.15, 0.2) is 6.20 Å². The van der Waals surface area contributed by atoms with Crippen LogP contribution < -0.4 is 5.32 Å². The highest BCUT2D eigenvalue weighted by Gasteiger charge is 2.28. The molecule has 21 heavy (non-hydrogen) atoms. The molecular weight excluding hydrogens is 262 g/mol. The number of nitrogens with zero attached hydrogens (tertiary/aromatic N) is 2. The number of carbonyl (C=O) groups is 1. The van der Waals surface area contributed by atoms with Gasteiger partial charge >= 0.3 is 0 Å². The van der Waals surface area contributed by atoms with E-state index in [1.165, 1.54) is 19.3 Å². The summed E-state index contributed by atoms with van der Waals surface area (Å²) in [5.74, 6) is -0.0550. The van der Waals surface area contributed by atoms with Crippen molar-refractivity contribution in [2.45, 2.75) is 71.3 Å². The maximum Gasteiger partial charge on any atom is 0.271 e. The first kappa shape index (κ1) is 14.5. The zero-order chi connectivity index (χ0) is 14.9. The van der Waals surface area contributed by atoms with E-state index < -0.39 is 0 Å². The van der Waals surface area contributed by atoms with Crippen LogP contribution >= 0.6 is 0 Å². The lowest BCUT2D eigenvalue weighted by Gasteiger charge is -2.34. The molecule has 1 N–H and O–H groups in total. The van der Waals surface area contributed by atoms with E-state index in [4.69, 9.17) is 0 Å². The van der Waals surface area contributed by atoms with E-state index in [1.807, 2.05) is 0 Å². The monoisotopic (exact) mass is 287 g/mol. The van der Waals surface area contributed by atoms with Gasteiger partial charge in [0.15, 0.2) is 0 Å². The van der Waals surface area contributed by atoms with Gasteiger partial charge in [0, 0.05) is 6.04 Å². The highest BCUT2D eigenvalue weighted by molar-refractivity contribution is 5.92. The second-order valence-electron chi connectivity index (χ2n) is 7.27. The number of rotatable bonds is 2. The Bertz CT molecular complexity index is 529. The van der Waals surface area contributed by atoms with Gasteiger partial charge in [-0.3, -0.25) is 9.78 Å². The Hall–Kier alpha value is -1.45. The summed E-state index contributed by atoms with van der Waals surface area (Å²) in [7, 11) is 0. The number of hydrogen-bond donors (Lipinski definition) is 1. The Morgan fingerprint density at radius 3 is 2.57 bits per heavy atom. The molecule has 0 atom stereocenters. The smallest absolute Gasteiger partial charge is 0.271 e. The molecule has 0 radical (unpaired) electrons. The van der Waals surface area contributed by atoms with Crippen LogP contribution in [0.1, 0.15) is 74.2 Å². The summed E-state index contributed by atoms with van der Waals surface area (Å²) in [6.07, 6.45) is 10.4. The summed E-state index contributed by atoms with van der Waals surface area (Å²) < 4.78 is 0. The van der Waals surface area contributed by atoms with Crippen LogP contribution in [-0.4, -0.2) is 21.9 Å². The van der Waals surface area contributed by atoms with Gasteiger partial charge < -0.3 is 5.32 Å². The lowest BCUT2D eigenvalue weighted by Crippen LogP contribution is -2.39. The first-order chi connectivity index (χ1) is 10.0. The number of aryl methyl sites for hydroxylation is 2. The molecule has 114 valence electrons. The average Bonchev–Trinajstić information content (AvgIpc) is 2.49. The molecule has 2 aliphatic rings. The molecule has 2 aliphatic carbocycles. The zero-order valence-corrected chi connectivity index (χ0v) is 13.1. The van der Waals surface area contributed by atoms with Crippen LogP contribution in [0.2, 0.25) is 0 Å². The summed E-state index contributed by atoms with van der Waals surface area (Å²) in [5.41, 5.74) is 3.02. The molecule has 0 bridgehead atoms. The minimum atomic E-state index is -0.0550. The third kappa shape index (κ3) is 3.42. The van der Waals surface area contributed by atoms with Gasteiger partial charge in [0.25, 0.3) is 5.91 Å². The van der Waals surface area contributed by atoms with Gasteiger partial charge in [0.1, 0.15) is 5.69 Å². The molecule has 0 unspecified atom stereocenters. The molecule has 1 aromatic rings. The van der Waals surface area contributed by atoms with Crippen molar-refractivity contribution in [2.24, 2.45) is 5.41 Å². The zero-order valence-electron chi connectivity index (χ0n) is 13.1. The van der Waals surface area contributed by atoms with E-state index in [9.17, 15) is 4.79 Å². The fourth-order valence-electron chi connectivity index (χ4n) is 3.36. The van der Waals surface area contributed by atoms with Gasteiger partial charge in [0.2, 0.25) is 0 Å². The number of hydrogen-bond acceptors (Lipinski definition) is 3. The molecule has 1 heterocycles. The first-order valence-corrected chi connectivity index (χ1v) is 8.19. The summed E-state index contributed by atoms with van der Waals surface area (Å²) in [5, 5.41) is 3.14. The molecule has 0 saturated heterocycles.